The van der Waals surface area contributed by atoms with Crippen LogP contribution in [0.15, 0.2) is 58.2 Å². The number of carbonyl (C=O) groups excluding carboxylic acids is 3. The van der Waals surface area contributed by atoms with Crippen LogP contribution in [0.25, 0.3) is 22.5 Å². The van der Waals surface area contributed by atoms with Gasteiger partial charge in [-0.2, -0.15) is 5.10 Å². The molecule has 3 amide bonds. The van der Waals surface area contributed by atoms with Crippen molar-refractivity contribution in [3.63, 3.8) is 0 Å². The number of ether oxygens (including phenoxy) is 1. The van der Waals surface area contributed by atoms with Crippen molar-refractivity contribution >= 4 is 34.4 Å². The highest BCUT2D eigenvalue weighted by atomic mass is 19.3. The van der Waals surface area contributed by atoms with Gasteiger partial charge in [0.15, 0.2) is 11.4 Å². The Morgan fingerprint density at radius 1 is 0.984 bits per heavy atom. The number of rotatable bonds is 19. The molecule has 4 aromatic heterocycles. The first-order valence-corrected chi connectivity index (χ1v) is 21.5. The number of imidazole rings is 1. The van der Waals surface area contributed by atoms with Crippen LogP contribution in [0.3, 0.4) is 0 Å². The fourth-order valence-electron chi connectivity index (χ4n) is 8.45. The molecular weight excluding hydrogens is 789 g/mol. The molecule has 1 saturated carbocycles. The van der Waals surface area contributed by atoms with Crippen LogP contribution in [-0.2, 0) is 34.2 Å². The van der Waals surface area contributed by atoms with E-state index in [0.29, 0.717) is 30.7 Å². The van der Waals surface area contributed by atoms with E-state index >= 15 is 0 Å². The van der Waals surface area contributed by atoms with E-state index < -0.39 is 30.0 Å². The number of unbranched alkanes of at least 4 members (excludes halogenated alkanes) is 2. The van der Waals surface area contributed by atoms with Crippen LogP contribution >= 0.6 is 0 Å². The zero-order chi connectivity index (χ0) is 42.5. The van der Waals surface area contributed by atoms with E-state index in [0.717, 1.165) is 100 Å². The maximum absolute atomic E-state index is 14.1. The number of anilines is 1. The molecule has 1 atom stereocenters. The summed E-state index contributed by atoms with van der Waals surface area (Å²) in [5.41, 5.74) is 3.36. The summed E-state index contributed by atoms with van der Waals surface area (Å²) in [7, 11) is 1.70. The van der Waals surface area contributed by atoms with Crippen molar-refractivity contribution in [2.24, 2.45) is 13.0 Å². The number of halogens is 2. The molecule has 2 saturated heterocycles. The largest absolute Gasteiger partial charge is 0.444 e. The number of amides is 3. The fourth-order valence-corrected chi connectivity index (χ4v) is 8.45. The number of aryl methyl sites for hydroxylation is 3. The van der Waals surface area contributed by atoms with Gasteiger partial charge in [-0.1, -0.05) is 18.9 Å². The van der Waals surface area contributed by atoms with Crippen molar-refractivity contribution in [2.45, 2.75) is 102 Å². The number of oxazole rings is 1. The minimum Gasteiger partial charge on any atom is -0.444 e. The number of nitrogens with zero attached hydrogens (tertiary/aromatic N) is 7. The lowest BCUT2D eigenvalue weighted by Crippen LogP contribution is -2.44. The van der Waals surface area contributed by atoms with Crippen LogP contribution in [0.5, 0.6) is 0 Å². The standard InChI is InChI=1S/C44H53F2N9O6/c1-52-37-24-29(10-12-35(37)55(44(52)59)36-13-14-38(56)50-42(36)58)6-5-23-60-22-4-2-3-19-53-20-16-32(17-21-53)54-26-33(39(51-54)40(45)46)48-41(57)34-27-61-43(49-34)30-15-18-47-31(25-30)11-9-28-7-8-28/h10,12,15,18,24-28,32,36,40H,2-9,11,13-14,16-17,19-23H2,1H3,(H,48,57)(H,50,56,58). The van der Waals surface area contributed by atoms with Gasteiger partial charge in [-0.05, 0) is 106 Å². The van der Waals surface area contributed by atoms with Crippen molar-refractivity contribution in [1.82, 2.24) is 39.1 Å². The molecular formula is C44H53F2N9O6. The van der Waals surface area contributed by atoms with Gasteiger partial charge in [-0.25, -0.2) is 18.6 Å². The third-order valence-electron chi connectivity index (χ3n) is 12.1. The fraction of sp³-hybridized carbons (Fsp3) is 0.523. The molecule has 1 unspecified atom stereocenters. The van der Waals surface area contributed by atoms with Crippen LogP contribution in [0, 0.1) is 5.92 Å². The molecule has 324 valence electrons. The molecule has 8 rings (SSSR count). The number of imide groups is 1. The van der Waals surface area contributed by atoms with Crippen molar-refractivity contribution in [3.8, 4) is 11.5 Å². The first-order valence-electron chi connectivity index (χ1n) is 21.5. The Bertz CT molecular complexity index is 2410. The normalized spacial score (nSPS) is 17.7. The van der Waals surface area contributed by atoms with E-state index in [1.807, 2.05) is 24.3 Å². The van der Waals surface area contributed by atoms with Gasteiger partial charge in [0.25, 0.3) is 12.3 Å². The van der Waals surface area contributed by atoms with E-state index in [1.165, 1.54) is 29.9 Å². The number of piperidine rings is 2. The minimum atomic E-state index is -2.86. The minimum absolute atomic E-state index is 0.0115. The summed E-state index contributed by atoms with van der Waals surface area (Å²) in [6, 6.07) is 8.76. The maximum Gasteiger partial charge on any atom is 0.329 e. The Kier molecular flexibility index (Phi) is 13.1. The third-order valence-corrected chi connectivity index (χ3v) is 12.1. The second kappa shape index (κ2) is 19.0. The predicted molar refractivity (Wildman–Crippen MR) is 222 cm³/mol. The molecule has 1 aliphatic carbocycles. The summed E-state index contributed by atoms with van der Waals surface area (Å²) in [6.07, 6.45) is 12.8. The number of hydrogen-bond donors (Lipinski definition) is 2. The van der Waals surface area contributed by atoms with Gasteiger partial charge in [0.1, 0.15) is 12.3 Å². The van der Waals surface area contributed by atoms with E-state index in [9.17, 15) is 28.0 Å². The molecule has 17 heteroatoms. The van der Waals surface area contributed by atoms with Crippen LogP contribution < -0.4 is 16.3 Å². The molecule has 3 aliphatic rings. The monoisotopic (exact) mass is 841 g/mol. The van der Waals surface area contributed by atoms with E-state index in [4.69, 9.17) is 9.15 Å². The van der Waals surface area contributed by atoms with Crippen molar-refractivity contribution in [2.75, 3.05) is 38.2 Å². The van der Waals surface area contributed by atoms with Crippen molar-refractivity contribution in [1.29, 1.82) is 0 Å². The Labute approximate surface area is 351 Å². The second-order valence-electron chi connectivity index (χ2n) is 16.6. The summed E-state index contributed by atoms with van der Waals surface area (Å²) in [5.74, 6) is -0.355. The van der Waals surface area contributed by atoms with Crippen molar-refractivity contribution < 1.29 is 32.3 Å². The quantitative estimate of drug-likeness (QED) is 0.0686. The molecule has 1 aromatic carbocycles. The molecule has 2 aliphatic heterocycles. The second-order valence-corrected chi connectivity index (χ2v) is 16.6. The van der Waals surface area contributed by atoms with E-state index in [-0.39, 0.29) is 41.3 Å². The summed E-state index contributed by atoms with van der Waals surface area (Å²) in [6.45, 7) is 3.91. The Hall–Kier alpha value is -5.55. The summed E-state index contributed by atoms with van der Waals surface area (Å²) in [5, 5.41) is 9.14. The van der Waals surface area contributed by atoms with Crippen LogP contribution in [-0.4, -0.2) is 84.4 Å². The average Bonchev–Trinajstić information content (AvgIpc) is 3.67. The zero-order valence-electron chi connectivity index (χ0n) is 34.5. The van der Waals surface area contributed by atoms with Gasteiger partial charge in [0.2, 0.25) is 17.7 Å². The van der Waals surface area contributed by atoms with Gasteiger partial charge in [0.05, 0.1) is 22.8 Å². The number of pyridine rings is 1. The molecule has 3 fully saturated rings. The molecule has 6 heterocycles. The smallest absolute Gasteiger partial charge is 0.329 e. The summed E-state index contributed by atoms with van der Waals surface area (Å²) in [4.78, 5) is 61.4. The Morgan fingerprint density at radius 2 is 1.80 bits per heavy atom. The molecule has 5 aromatic rings. The van der Waals surface area contributed by atoms with Gasteiger partial charge in [-0.15, -0.1) is 0 Å². The first kappa shape index (κ1) is 42.2. The van der Waals surface area contributed by atoms with Crippen molar-refractivity contribution in [3.05, 3.63) is 82.1 Å². The zero-order valence-corrected chi connectivity index (χ0v) is 34.5. The van der Waals surface area contributed by atoms with Gasteiger partial charge >= 0.3 is 5.69 Å². The number of alkyl halides is 2. The number of fused-ring (bicyclic) bond motifs is 1. The molecule has 0 radical (unpaired) electrons. The molecule has 0 spiro atoms. The van der Waals surface area contributed by atoms with Crippen LogP contribution in [0.1, 0.15) is 117 Å². The van der Waals surface area contributed by atoms with Gasteiger partial charge in [0, 0.05) is 63.4 Å². The highest BCUT2D eigenvalue weighted by Gasteiger charge is 2.32. The highest BCUT2D eigenvalue weighted by Crippen LogP contribution is 2.34. The number of carbonyl (C=O) groups is 3. The Balaban J connectivity index is 0.726. The molecule has 15 nitrogen and oxygen atoms in total. The SMILES string of the molecule is Cn1c(=O)n(C2CCC(=O)NC2=O)c2ccc(CCCOCCCCCN3CCC(n4cc(NC(=O)c5coc(-c6ccnc(CCC7CC7)c6)n5)c(C(F)F)n4)CC3)cc21. The van der Waals surface area contributed by atoms with E-state index in [1.54, 1.807) is 28.6 Å². The highest BCUT2D eigenvalue weighted by molar-refractivity contribution is 6.03. The maximum atomic E-state index is 14.1. The first-order chi connectivity index (χ1) is 29.6. The lowest BCUT2D eigenvalue weighted by atomic mass is 10.0. The lowest BCUT2D eigenvalue weighted by Gasteiger charge is -2.32. The molecule has 0 bridgehead atoms. The average molecular weight is 842 g/mol. The van der Waals surface area contributed by atoms with Crippen LogP contribution in [0.2, 0.25) is 0 Å². The summed E-state index contributed by atoms with van der Waals surface area (Å²) < 4.78 is 44.3. The number of hydrogen-bond acceptors (Lipinski definition) is 10. The Morgan fingerprint density at radius 3 is 2.59 bits per heavy atom. The van der Waals surface area contributed by atoms with Gasteiger partial charge < -0.3 is 19.4 Å². The number of benzene rings is 1. The number of aromatic nitrogens is 6. The number of nitrogens with one attached hydrogen (secondary N) is 2. The summed E-state index contributed by atoms with van der Waals surface area (Å²) >= 11 is 0. The van der Waals surface area contributed by atoms with E-state index in [2.05, 4.69) is 30.6 Å². The predicted octanol–water partition coefficient (Wildman–Crippen LogP) is 6.55. The van der Waals surface area contributed by atoms with Crippen LogP contribution in [0.4, 0.5) is 14.5 Å². The molecule has 61 heavy (non-hydrogen) atoms. The molecule has 2 N–H and O–H groups in total. The third kappa shape index (κ3) is 10.2. The van der Waals surface area contributed by atoms with Gasteiger partial charge in [-0.3, -0.25) is 38.5 Å². The topological polar surface area (TPSA) is 171 Å². The number of likely N-dealkylation sites (tertiary alicyclic amines) is 1. The lowest BCUT2D eigenvalue weighted by molar-refractivity contribution is -0.135.